The number of halogens is 1. The van der Waals surface area contributed by atoms with Gasteiger partial charge in [0.25, 0.3) is 0 Å². The minimum absolute atomic E-state index is 0.00466. The van der Waals surface area contributed by atoms with Crippen molar-refractivity contribution in [1.29, 1.82) is 0 Å². The van der Waals surface area contributed by atoms with Gasteiger partial charge in [0.15, 0.2) is 0 Å². The highest BCUT2D eigenvalue weighted by Gasteiger charge is 2.30. The smallest absolute Gasteiger partial charge is 0.247 e. The minimum Gasteiger partial charge on any atom is -0.496 e. The zero-order chi connectivity index (χ0) is 24.7. The van der Waals surface area contributed by atoms with E-state index in [2.05, 4.69) is 5.32 Å². The Bertz CT molecular complexity index is 1240. The van der Waals surface area contributed by atoms with Crippen LogP contribution in [-0.2, 0) is 21.4 Å². The second-order valence-electron chi connectivity index (χ2n) is 7.59. The molecule has 1 atom stereocenters. The molecule has 0 fully saturated rings. The Morgan fingerprint density at radius 3 is 2.29 bits per heavy atom. The molecule has 0 aliphatic carbocycles. The van der Waals surface area contributed by atoms with Gasteiger partial charge in [-0.25, -0.2) is 8.42 Å². The number of amides is 1. The Morgan fingerprint density at radius 2 is 1.62 bits per heavy atom. The van der Waals surface area contributed by atoms with Crippen molar-refractivity contribution < 1.29 is 22.7 Å². The highest BCUT2D eigenvalue weighted by atomic mass is 35.5. The van der Waals surface area contributed by atoms with Gasteiger partial charge in [-0.1, -0.05) is 60.1 Å². The van der Waals surface area contributed by atoms with Gasteiger partial charge in [0.1, 0.15) is 16.4 Å². The SMILES string of the molecule is COc1ccccc1[C@@H](C)NC(=O)CN(Cc1ccccc1)S(=O)(=O)c1cc(Cl)ccc1OC. The zero-order valence-electron chi connectivity index (χ0n) is 19.2. The van der Waals surface area contributed by atoms with Crippen LogP contribution in [0.15, 0.2) is 77.7 Å². The lowest BCUT2D eigenvalue weighted by molar-refractivity contribution is -0.122. The number of para-hydroxylation sites is 1. The van der Waals surface area contributed by atoms with E-state index < -0.39 is 28.5 Å². The maximum atomic E-state index is 13.6. The molecule has 0 heterocycles. The summed E-state index contributed by atoms with van der Waals surface area (Å²) in [6.45, 7) is 1.41. The van der Waals surface area contributed by atoms with Gasteiger partial charge < -0.3 is 14.8 Å². The number of methoxy groups -OCH3 is 2. The molecule has 0 saturated heterocycles. The third kappa shape index (κ3) is 6.08. The van der Waals surface area contributed by atoms with Gasteiger partial charge in [-0.05, 0) is 36.8 Å². The van der Waals surface area contributed by atoms with E-state index in [9.17, 15) is 13.2 Å². The Morgan fingerprint density at radius 1 is 0.971 bits per heavy atom. The second kappa shape index (κ2) is 11.4. The summed E-state index contributed by atoms with van der Waals surface area (Å²) in [4.78, 5) is 12.9. The summed E-state index contributed by atoms with van der Waals surface area (Å²) in [7, 11) is -1.20. The van der Waals surface area contributed by atoms with E-state index in [0.717, 1.165) is 15.4 Å². The van der Waals surface area contributed by atoms with E-state index in [1.54, 1.807) is 31.4 Å². The molecule has 0 spiro atoms. The van der Waals surface area contributed by atoms with Crippen LogP contribution in [0.2, 0.25) is 5.02 Å². The summed E-state index contributed by atoms with van der Waals surface area (Å²) in [5.41, 5.74) is 1.52. The van der Waals surface area contributed by atoms with Gasteiger partial charge in [0.2, 0.25) is 15.9 Å². The van der Waals surface area contributed by atoms with Crippen molar-refractivity contribution in [3.05, 3.63) is 88.9 Å². The van der Waals surface area contributed by atoms with Crippen molar-refractivity contribution in [3.8, 4) is 11.5 Å². The molecule has 0 aliphatic heterocycles. The lowest BCUT2D eigenvalue weighted by atomic mass is 10.1. The quantitative estimate of drug-likeness (QED) is 0.443. The predicted molar refractivity (Wildman–Crippen MR) is 132 cm³/mol. The van der Waals surface area contributed by atoms with Crippen LogP contribution in [0.3, 0.4) is 0 Å². The molecule has 34 heavy (non-hydrogen) atoms. The average Bonchev–Trinajstić information content (AvgIpc) is 2.84. The molecule has 0 aromatic heterocycles. The van der Waals surface area contributed by atoms with E-state index in [1.165, 1.54) is 19.2 Å². The van der Waals surface area contributed by atoms with Crippen LogP contribution < -0.4 is 14.8 Å². The Labute approximate surface area is 205 Å². The van der Waals surface area contributed by atoms with Gasteiger partial charge in [0, 0.05) is 17.1 Å². The van der Waals surface area contributed by atoms with Crippen LogP contribution in [-0.4, -0.2) is 39.4 Å². The molecule has 0 unspecified atom stereocenters. The topological polar surface area (TPSA) is 84.9 Å². The number of carbonyl (C=O) groups excluding carboxylic acids is 1. The van der Waals surface area contributed by atoms with E-state index in [1.807, 2.05) is 43.3 Å². The molecule has 0 saturated carbocycles. The monoisotopic (exact) mass is 502 g/mol. The molecule has 1 N–H and O–H groups in total. The number of sulfonamides is 1. The van der Waals surface area contributed by atoms with Gasteiger partial charge >= 0.3 is 0 Å². The predicted octanol–water partition coefficient (Wildman–Crippen LogP) is 4.43. The molecule has 3 aromatic carbocycles. The first-order chi connectivity index (χ1) is 16.3. The molecular weight excluding hydrogens is 476 g/mol. The third-order valence-corrected chi connectivity index (χ3v) is 7.30. The first-order valence-electron chi connectivity index (χ1n) is 10.6. The number of hydrogen-bond acceptors (Lipinski definition) is 5. The minimum atomic E-state index is -4.13. The molecule has 3 rings (SSSR count). The summed E-state index contributed by atoms with van der Waals surface area (Å²) in [6.07, 6.45) is 0. The van der Waals surface area contributed by atoms with Crippen LogP contribution in [0.4, 0.5) is 0 Å². The molecular formula is C25H27ClN2O5S. The number of rotatable bonds is 10. The summed E-state index contributed by atoms with van der Waals surface area (Å²) >= 11 is 6.09. The number of ether oxygens (including phenoxy) is 2. The fourth-order valence-electron chi connectivity index (χ4n) is 3.55. The van der Waals surface area contributed by atoms with Crippen molar-refractivity contribution in [2.45, 2.75) is 24.4 Å². The highest BCUT2D eigenvalue weighted by molar-refractivity contribution is 7.89. The van der Waals surface area contributed by atoms with Gasteiger partial charge in [0.05, 0.1) is 26.8 Å². The fraction of sp³-hybridized carbons (Fsp3) is 0.240. The Hall–Kier alpha value is -3.07. The van der Waals surface area contributed by atoms with Crippen LogP contribution in [0, 0.1) is 0 Å². The number of benzene rings is 3. The van der Waals surface area contributed by atoms with E-state index >= 15 is 0 Å². The molecule has 3 aromatic rings. The number of carbonyl (C=O) groups is 1. The Kier molecular flexibility index (Phi) is 8.55. The standard InChI is InChI=1S/C25H27ClN2O5S/c1-18(21-11-7-8-12-22(21)32-2)27-25(29)17-28(16-19-9-5-4-6-10-19)34(30,31)24-15-20(26)13-14-23(24)33-3/h4-15,18H,16-17H2,1-3H3,(H,27,29)/t18-/m1/s1. The number of nitrogens with one attached hydrogen (secondary N) is 1. The number of hydrogen-bond donors (Lipinski definition) is 1. The van der Waals surface area contributed by atoms with E-state index in [0.29, 0.717) is 5.75 Å². The van der Waals surface area contributed by atoms with E-state index in [4.69, 9.17) is 21.1 Å². The van der Waals surface area contributed by atoms with Crippen LogP contribution in [0.5, 0.6) is 11.5 Å². The molecule has 9 heteroatoms. The van der Waals surface area contributed by atoms with Gasteiger partial charge in [-0.3, -0.25) is 4.79 Å². The third-order valence-electron chi connectivity index (χ3n) is 5.25. The first kappa shape index (κ1) is 25.6. The van der Waals surface area contributed by atoms with Crippen LogP contribution >= 0.6 is 11.6 Å². The van der Waals surface area contributed by atoms with E-state index in [-0.39, 0.29) is 22.2 Å². The summed E-state index contributed by atoms with van der Waals surface area (Å²) < 4.78 is 39.0. The summed E-state index contributed by atoms with van der Waals surface area (Å²) in [6, 6.07) is 20.3. The van der Waals surface area contributed by atoms with Crippen LogP contribution in [0.1, 0.15) is 24.1 Å². The first-order valence-corrected chi connectivity index (χ1v) is 12.4. The maximum Gasteiger partial charge on any atom is 0.247 e. The van der Waals surface area contributed by atoms with Crippen molar-refractivity contribution >= 4 is 27.5 Å². The van der Waals surface area contributed by atoms with Crippen molar-refractivity contribution in [2.24, 2.45) is 0 Å². The molecule has 180 valence electrons. The molecule has 0 bridgehead atoms. The van der Waals surface area contributed by atoms with Crippen molar-refractivity contribution in [1.82, 2.24) is 9.62 Å². The Balaban J connectivity index is 1.90. The van der Waals surface area contributed by atoms with Crippen molar-refractivity contribution in [3.63, 3.8) is 0 Å². The lowest BCUT2D eigenvalue weighted by Gasteiger charge is -2.24. The second-order valence-corrected chi connectivity index (χ2v) is 9.93. The average molecular weight is 503 g/mol. The largest absolute Gasteiger partial charge is 0.496 e. The summed E-state index contributed by atoms with van der Waals surface area (Å²) in [5, 5.41) is 3.11. The van der Waals surface area contributed by atoms with Gasteiger partial charge in [-0.2, -0.15) is 4.31 Å². The molecule has 0 radical (unpaired) electrons. The van der Waals surface area contributed by atoms with Gasteiger partial charge in [-0.15, -0.1) is 0 Å². The normalized spacial score (nSPS) is 12.3. The molecule has 1 amide bonds. The molecule has 0 aliphatic rings. The van der Waals surface area contributed by atoms with Crippen LogP contribution in [0.25, 0.3) is 0 Å². The fourth-order valence-corrected chi connectivity index (χ4v) is 5.36. The maximum absolute atomic E-state index is 13.6. The lowest BCUT2D eigenvalue weighted by Crippen LogP contribution is -2.41. The summed E-state index contributed by atoms with van der Waals surface area (Å²) in [5.74, 6) is 0.317. The highest BCUT2D eigenvalue weighted by Crippen LogP contribution is 2.30. The van der Waals surface area contributed by atoms with Crippen molar-refractivity contribution in [2.75, 3.05) is 20.8 Å². The molecule has 7 nitrogen and oxygen atoms in total. The zero-order valence-corrected chi connectivity index (χ0v) is 20.8. The number of nitrogens with zero attached hydrogens (tertiary/aromatic N) is 1.